The van der Waals surface area contributed by atoms with Crippen LogP contribution in [0, 0.1) is 12.8 Å². The zero-order valence-corrected chi connectivity index (χ0v) is 14.1. The van der Waals surface area contributed by atoms with Crippen LogP contribution >= 0.6 is 0 Å². The molecule has 1 amide bonds. The summed E-state index contributed by atoms with van der Waals surface area (Å²) in [6.07, 6.45) is 5.18. The third-order valence-corrected chi connectivity index (χ3v) is 4.65. The van der Waals surface area contributed by atoms with E-state index in [0.29, 0.717) is 29.9 Å². The number of carbonyl (C=O) groups excluding carboxylic acids is 1. The van der Waals surface area contributed by atoms with Crippen molar-refractivity contribution in [2.24, 2.45) is 5.92 Å². The van der Waals surface area contributed by atoms with Crippen molar-refractivity contribution in [3.63, 3.8) is 0 Å². The maximum Gasteiger partial charge on any atom is 0.224 e. The zero-order valence-electron chi connectivity index (χ0n) is 14.1. The highest BCUT2D eigenvalue weighted by Gasteiger charge is 2.23. The number of aryl methyl sites for hydroxylation is 1. The van der Waals surface area contributed by atoms with Gasteiger partial charge in [-0.3, -0.25) is 4.79 Å². The highest BCUT2D eigenvalue weighted by atomic mass is 16.5. The van der Waals surface area contributed by atoms with E-state index in [1.165, 1.54) is 19.3 Å². The second kappa shape index (κ2) is 7.52. The van der Waals surface area contributed by atoms with Gasteiger partial charge in [0, 0.05) is 6.04 Å². The molecule has 1 aromatic rings. The number of hydrogen-bond donors (Lipinski definition) is 1. The Bertz CT molecular complexity index is 527. The Kier molecular flexibility index (Phi) is 5.69. The number of hydrogen-bond acceptors (Lipinski definition) is 3. The van der Waals surface area contributed by atoms with Gasteiger partial charge in [-0.1, -0.05) is 19.8 Å². The summed E-state index contributed by atoms with van der Waals surface area (Å²) in [6.45, 7) is 4.22. The van der Waals surface area contributed by atoms with Crippen molar-refractivity contribution in [1.29, 1.82) is 0 Å². The van der Waals surface area contributed by atoms with Gasteiger partial charge in [0.05, 0.1) is 20.6 Å². The van der Waals surface area contributed by atoms with E-state index >= 15 is 0 Å². The molecule has 0 heterocycles. The summed E-state index contributed by atoms with van der Waals surface area (Å²) in [7, 11) is 3.23. The molecule has 0 radical (unpaired) electrons. The number of carbonyl (C=O) groups is 1. The second-order valence-corrected chi connectivity index (χ2v) is 6.25. The first-order valence-corrected chi connectivity index (χ1v) is 8.06. The number of methoxy groups -OCH3 is 2. The Hall–Kier alpha value is -1.71. The molecule has 0 saturated heterocycles. The van der Waals surface area contributed by atoms with Gasteiger partial charge in [-0.2, -0.15) is 0 Å². The molecular formula is C18H27NO3. The van der Waals surface area contributed by atoms with Gasteiger partial charge in [-0.15, -0.1) is 0 Å². The van der Waals surface area contributed by atoms with Crippen molar-refractivity contribution in [2.75, 3.05) is 14.2 Å². The molecule has 0 aliphatic heterocycles. The van der Waals surface area contributed by atoms with Crippen molar-refractivity contribution in [3.8, 4) is 11.5 Å². The van der Waals surface area contributed by atoms with Crippen LogP contribution in [0.5, 0.6) is 11.5 Å². The fourth-order valence-corrected chi connectivity index (χ4v) is 3.17. The topological polar surface area (TPSA) is 47.6 Å². The van der Waals surface area contributed by atoms with Gasteiger partial charge in [-0.25, -0.2) is 0 Å². The van der Waals surface area contributed by atoms with Crippen LogP contribution in [0.2, 0.25) is 0 Å². The van der Waals surface area contributed by atoms with E-state index in [0.717, 1.165) is 17.5 Å². The number of nitrogens with one attached hydrogen (secondary N) is 1. The molecule has 1 aliphatic rings. The van der Waals surface area contributed by atoms with Crippen molar-refractivity contribution >= 4 is 5.91 Å². The van der Waals surface area contributed by atoms with E-state index < -0.39 is 0 Å². The van der Waals surface area contributed by atoms with E-state index in [4.69, 9.17) is 9.47 Å². The average Bonchev–Trinajstić information content (AvgIpc) is 2.51. The minimum Gasteiger partial charge on any atom is -0.493 e. The van der Waals surface area contributed by atoms with Gasteiger partial charge in [0.1, 0.15) is 0 Å². The largest absolute Gasteiger partial charge is 0.493 e. The van der Waals surface area contributed by atoms with Crippen LogP contribution in [0.15, 0.2) is 12.1 Å². The smallest absolute Gasteiger partial charge is 0.224 e. The SMILES string of the molecule is COc1cc(C)c(CC(=O)NC2CCCCC2C)cc1OC. The van der Waals surface area contributed by atoms with Crippen LogP contribution in [0.4, 0.5) is 0 Å². The fraction of sp³-hybridized carbons (Fsp3) is 0.611. The maximum atomic E-state index is 12.3. The van der Waals surface area contributed by atoms with Gasteiger partial charge >= 0.3 is 0 Å². The molecule has 2 rings (SSSR count). The van der Waals surface area contributed by atoms with Crippen molar-refractivity contribution < 1.29 is 14.3 Å². The van der Waals surface area contributed by atoms with Crippen LogP contribution < -0.4 is 14.8 Å². The van der Waals surface area contributed by atoms with Crippen molar-refractivity contribution in [2.45, 2.75) is 52.0 Å². The molecule has 0 aromatic heterocycles. The molecule has 1 fully saturated rings. The minimum absolute atomic E-state index is 0.0917. The monoisotopic (exact) mass is 305 g/mol. The molecule has 2 atom stereocenters. The van der Waals surface area contributed by atoms with Crippen LogP contribution in [-0.2, 0) is 11.2 Å². The molecular weight excluding hydrogens is 278 g/mol. The standard InChI is InChI=1S/C18H27NO3/c1-12-7-5-6-8-15(12)19-18(20)11-14-10-17(22-4)16(21-3)9-13(14)2/h9-10,12,15H,5-8,11H2,1-4H3,(H,19,20). The molecule has 4 heteroatoms. The maximum absolute atomic E-state index is 12.3. The highest BCUT2D eigenvalue weighted by Crippen LogP contribution is 2.30. The Balaban J connectivity index is 2.04. The average molecular weight is 305 g/mol. The first-order valence-electron chi connectivity index (χ1n) is 8.06. The molecule has 1 aromatic carbocycles. The molecule has 0 spiro atoms. The van der Waals surface area contributed by atoms with E-state index in [-0.39, 0.29) is 5.91 Å². The first kappa shape index (κ1) is 16.7. The molecule has 1 N–H and O–H groups in total. The third kappa shape index (κ3) is 3.93. The lowest BCUT2D eigenvalue weighted by Crippen LogP contribution is -2.41. The van der Waals surface area contributed by atoms with E-state index in [1.54, 1.807) is 14.2 Å². The summed E-state index contributed by atoms with van der Waals surface area (Å²) in [5.74, 6) is 2.03. The quantitative estimate of drug-likeness (QED) is 0.908. The molecule has 1 saturated carbocycles. The van der Waals surface area contributed by atoms with Crippen LogP contribution in [0.3, 0.4) is 0 Å². The lowest BCUT2D eigenvalue weighted by atomic mass is 9.86. The summed E-state index contributed by atoms with van der Waals surface area (Å²) in [6, 6.07) is 4.14. The van der Waals surface area contributed by atoms with Crippen LogP contribution in [0.25, 0.3) is 0 Å². The predicted molar refractivity (Wildman–Crippen MR) is 87.5 cm³/mol. The normalized spacial score (nSPS) is 21.3. The predicted octanol–water partition coefficient (Wildman–Crippen LogP) is 3.25. The summed E-state index contributed by atoms with van der Waals surface area (Å²) in [5, 5.41) is 3.20. The van der Waals surface area contributed by atoms with Crippen molar-refractivity contribution in [3.05, 3.63) is 23.3 Å². The van der Waals surface area contributed by atoms with Crippen molar-refractivity contribution in [1.82, 2.24) is 5.32 Å². The first-order chi connectivity index (χ1) is 10.5. The Labute approximate surface area is 133 Å². The summed E-state index contributed by atoms with van der Waals surface area (Å²) in [5.41, 5.74) is 2.03. The van der Waals surface area contributed by atoms with Gasteiger partial charge < -0.3 is 14.8 Å². The summed E-state index contributed by atoms with van der Waals surface area (Å²) in [4.78, 5) is 12.3. The zero-order chi connectivity index (χ0) is 16.1. The third-order valence-electron chi connectivity index (χ3n) is 4.65. The number of amides is 1. The Morgan fingerprint density at radius 3 is 2.45 bits per heavy atom. The van der Waals surface area contributed by atoms with E-state index in [1.807, 2.05) is 19.1 Å². The summed E-state index contributed by atoms with van der Waals surface area (Å²) >= 11 is 0. The molecule has 122 valence electrons. The molecule has 2 unspecified atom stereocenters. The molecule has 0 bridgehead atoms. The lowest BCUT2D eigenvalue weighted by molar-refractivity contribution is -0.121. The Morgan fingerprint density at radius 2 is 1.82 bits per heavy atom. The lowest BCUT2D eigenvalue weighted by Gasteiger charge is -2.29. The number of benzene rings is 1. The highest BCUT2D eigenvalue weighted by molar-refractivity contribution is 5.79. The van der Waals surface area contributed by atoms with Crippen LogP contribution in [0.1, 0.15) is 43.7 Å². The number of rotatable bonds is 5. The number of ether oxygens (including phenoxy) is 2. The molecule has 4 nitrogen and oxygen atoms in total. The van der Waals surface area contributed by atoms with Gasteiger partial charge in [0.2, 0.25) is 5.91 Å². The fourth-order valence-electron chi connectivity index (χ4n) is 3.17. The summed E-state index contributed by atoms with van der Waals surface area (Å²) < 4.78 is 10.6. The van der Waals surface area contributed by atoms with Gasteiger partial charge in [-0.05, 0) is 48.9 Å². The Morgan fingerprint density at radius 1 is 1.18 bits per heavy atom. The van der Waals surface area contributed by atoms with Gasteiger partial charge in [0.25, 0.3) is 0 Å². The molecule has 1 aliphatic carbocycles. The van der Waals surface area contributed by atoms with Gasteiger partial charge in [0.15, 0.2) is 11.5 Å². The van der Waals surface area contributed by atoms with Crippen LogP contribution in [-0.4, -0.2) is 26.2 Å². The van der Waals surface area contributed by atoms with E-state index in [9.17, 15) is 4.79 Å². The molecule has 22 heavy (non-hydrogen) atoms. The van der Waals surface area contributed by atoms with E-state index in [2.05, 4.69) is 12.2 Å². The second-order valence-electron chi connectivity index (χ2n) is 6.25. The minimum atomic E-state index is 0.0917.